The van der Waals surface area contributed by atoms with Crippen LogP contribution in [0.1, 0.15) is 15.9 Å². The Hall–Kier alpha value is -1.29. The van der Waals surface area contributed by atoms with Crippen molar-refractivity contribution in [3.63, 3.8) is 0 Å². The number of pyridine rings is 1. The highest BCUT2D eigenvalue weighted by Gasteiger charge is 2.09. The molecule has 0 aliphatic heterocycles. The highest BCUT2D eigenvalue weighted by atomic mass is 79.9. The van der Waals surface area contributed by atoms with E-state index in [0.717, 1.165) is 11.1 Å². The smallest absolute Gasteiger partial charge is 0.336 e. The number of nitrogens with zero attached hydrogens (tertiary/aromatic N) is 1. The van der Waals surface area contributed by atoms with Crippen molar-refractivity contribution in [2.45, 2.75) is 6.92 Å². The zero-order valence-electron chi connectivity index (χ0n) is 7.49. The van der Waals surface area contributed by atoms with Gasteiger partial charge in [0.05, 0.1) is 5.56 Å². The topological polar surface area (TPSA) is 41.7 Å². The Morgan fingerprint density at radius 2 is 2.14 bits per heavy atom. The molecule has 1 N–H and O–H groups in total. The molecule has 0 saturated carbocycles. The number of carboxylic acid groups (broad SMARTS) is 1. The van der Waals surface area contributed by atoms with Gasteiger partial charge in [-0.15, -0.1) is 0 Å². The minimum absolute atomic E-state index is 0.288. The number of carbonyl (C=O) groups is 1. The second kappa shape index (κ2) is 3.13. The van der Waals surface area contributed by atoms with Crippen LogP contribution < -0.4 is 0 Å². The third-order valence-corrected chi connectivity index (χ3v) is 2.68. The maximum absolute atomic E-state index is 10.8. The minimum atomic E-state index is -0.918. The maximum Gasteiger partial charge on any atom is 0.336 e. The molecular weight excluding hydrogens is 246 g/mol. The van der Waals surface area contributed by atoms with Gasteiger partial charge in [-0.2, -0.15) is 0 Å². The van der Waals surface area contributed by atoms with Crippen LogP contribution in [0.2, 0.25) is 0 Å². The molecule has 0 fully saturated rings. The van der Waals surface area contributed by atoms with Gasteiger partial charge in [-0.25, -0.2) is 4.79 Å². The van der Waals surface area contributed by atoms with Gasteiger partial charge in [0.1, 0.15) is 0 Å². The van der Waals surface area contributed by atoms with E-state index in [1.807, 2.05) is 23.6 Å². The quantitative estimate of drug-likeness (QED) is 0.850. The first-order valence-electron chi connectivity index (χ1n) is 4.09. The molecule has 0 saturated heterocycles. The molecular formula is C10H8BrNO2. The number of aromatic carboxylic acids is 1. The van der Waals surface area contributed by atoms with Crippen LogP contribution in [0.5, 0.6) is 0 Å². The van der Waals surface area contributed by atoms with Gasteiger partial charge in [0.15, 0.2) is 0 Å². The Balaban J connectivity index is 2.76. The molecule has 0 aliphatic rings. The lowest BCUT2D eigenvalue weighted by Crippen LogP contribution is -1.99. The molecule has 2 aromatic heterocycles. The predicted octanol–water partition coefficient (Wildman–Crippen LogP) is 2.71. The van der Waals surface area contributed by atoms with Crippen LogP contribution in [-0.4, -0.2) is 15.5 Å². The molecule has 2 heterocycles. The van der Waals surface area contributed by atoms with Gasteiger partial charge < -0.3 is 9.51 Å². The summed E-state index contributed by atoms with van der Waals surface area (Å²) in [5.41, 5.74) is 2.29. The molecule has 0 atom stereocenters. The van der Waals surface area contributed by atoms with Crippen molar-refractivity contribution in [1.29, 1.82) is 0 Å². The van der Waals surface area contributed by atoms with Gasteiger partial charge >= 0.3 is 5.97 Å². The van der Waals surface area contributed by atoms with Crippen LogP contribution in [0, 0.1) is 6.92 Å². The summed E-state index contributed by atoms with van der Waals surface area (Å²) < 4.78 is 2.49. The largest absolute Gasteiger partial charge is 0.478 e. The van der Waals surface area contributed by atoms with Crippen molar-refractivity contribution in [3.05, 3.63) is 40.1 Å². The van der Waals surface area contributed by atoms with Crippen LogP contribution in [-0.2, 0) is 0 Å². The van der Waals surface area contributed by atoms with Gasteiger partial charge in [-0.05, 0) is 40.5 Å². The standard InChI is InChI=1S/C10H8BrNO2/c1-6-2-7-3-8(10(13)14)9(11)5-12(7)4-6/h2-5H,1H3,(H,13,14). The Morgan fingerprint density at radius 3 is 2.79 bits per heavy atom. The van der Waals surface area contributed by atoms with E-state index in [9.17, 15) is 4.79 Å². The molecule has 0 aromatic carbocycles. The van der Waals surface area contributed by atoms with Gasteiger partial charge in [-0.3, -0.25) is 0 Å². The number of aryl methyl sites for hydroxylation is 1. The van der Waals surface area contributed by atoms with Crippen molar-refractivity contribution in [3.8, 4) is 0 Å². The second-order valence-corrected chi connectivity index (χ2v) is 4.04. The van der Waals surface area contributed by atoms with Crippen molar-refractivity contribution in [2.75, 3.05) is 0 Å². The summed E-state index contributed by atoms with van der Waals surface area (Å²) in [6, 6.07) is 3.60. The first kappa shape index (κ1) is 9.27. The van der Waals surface area contributed by atoms with Gasteiger partial charge in [0.25, 0.3) is 0 Å². The fraction of sp³-hybridized carbons (Fsp3) is 0.100. The summed E-state index contributed by atoms with van der Waals surface area (Å²) in [6.45, 7) is 1.97. The minimum Gasteiger partial charge on any atom is -0.478 e. The number of rotatable bonds is 1. The Morgan fingerprint density at radius 1 is 1.43 bits per heavy atom. The molecule has 0 amide bonds. The monoisotopic (exact) mass is 253 g/mol. The Bertz CT molecular complexity index is 516. The summed E-state index contributed by atoms with van der Waals surface area (Å²) in [6.07, 6.45) is 3.71. The van der Waals surface area contributed by atoms with E-state index in [2.05, 4.69) is 15.9 Å². The molecule has 4 heteroatoms. The van der Waals surface area contributed by atoms with E-state index in [1.54, 1.807) is 12.3 Å². The molecule has 72 valence electrons. The fourth-order valence-corrected chi connectivity index (χ4v) is 1.94. The predicted molar refractivity (Wildman–Crippen MR) is 56.8 cm³/mol. The lowest BCUT2D eigenvalue weighted by atomic mass is 10.2. The molecule has 0 bridgehead atoms. The molecule has 2 aromatic rings. The highest BCUT2D eigenvalue weighted by Crippen LogP contribution is 2.20. The maximum atomic E-state index is 10.8. The van der Waals surface area contributed by atoms with Crippen LogP contribution >= 0.6 is 15.9 Å². The van der Waals surface area contributed by atoms with E-state index in [1.165, 1.54) is 0 Å². The Labute approximate surface area is 89.1 Å². The van der Waals surface area contributed by atoms with Crippen LogP contribution in [0.15, 0.2) is 29.0 Å². The average Bonchev–Trinajstić information content (AvgIpc) is 2.42. The first-order valence-corrected chi connectivity index (χ1v) is 4.88. The molecule has 3 nitrogen and oxygen atoms in total. The van der Waals surface area contributed by atoms with Crippen molar-refractivity contribution >= 4 is 27.4 Å². The third kappa shape index (κ3) is 1.42. The average molecular weight is 254 g/mol. The van der Waals surface area contributed by atoms with E-state index in [0.29, 0.717) is 4.47 Å². The first-order chi connectivity index (χ1) is 6.58. The lowest BCUT2D eigenvalue weighted by molar-refractivity contribution is 0.0696. The number of halogens is 1. The number of hydrogen-bond donors (Lipinski definition) is 1. The van der Waals surface area contributed by atoms with Crippen LogP contribution in [0.4, 0.5) is 0 Å². The SMILES string of the molecule is Cc1cc2cc(C(=O)O)c(Br)cn2c1. The summed E-state index contributed by atoms with van der Waals surface area (Å²) >= 11 is 3.23. The van der Waals surface area contributed by atoms with Crippen molar-refractivity contribution < 1.29 is 9.90 Å². The van der Waals surface area contributed by atoms with E-state index in [4.69, 9.17) is 5.11 Å². The van der Waals surface area contributed by atoms with Crippen molar-refractivity contribution in [2.24, 2.45) is 0 Å². The Kier molecular flexibility index (Phi) is 2.07. The summed E-state index contributed by atoms with van der Waals surface area (Å²) in [5.74, 6) is -0.918. The summed E-state index contributed by atoms with van der Waals surface area (Å²) in [7, 11) is 0. The second-order valence-electron chi connectivity index (χ2n) is 3.19. The fourth-order valence-electron chi connectivity index (χ4n) is 1.44. The van der Waals surface area contributed by atoms with Gasteiger partial charge in [0.2, 0.25) is 0 Å². The number of carboxylic acids is 1. The summed E-state index contributed by atoms with van der Waals surface area (Å²) in [4.78, 5) is 10.8. The van der Waals surface area contributed by atoms with E-state index < -0.39 is 5.97 Å². The molecule has 0 spiro atoms. The third-order valence-electron chi connectivity index (χ3n) is 2.05. The number of fused-ring (bicyclic) bond motifs is 1. The molecule has 0 unspecified atom stereocenters. The molecule has 2 rings (SSSR count). The van der Waals surface area contributed by atoms with Crippen LogP contribution in [0.3, 0.4) is 0 Å². The molecule has 14 heavy (non-hydrogen) atoms. The van der Waals surface area contributed by atoms with E-state index in [-0.39, 0.29) is 5.56 Å². The highest BCUT2D eigenvalue weighted by molar-refractivity contribution is 9.10. The van der Waals surface area contributed by atoms with E-state index >= 15 is 0 Å². The van der Waals surface area contributed by atoms with Gasteiger partial charge in [-0.1, -0.05) is 0 Å². The molecule has 0 radical (unpaired) electrons. The zero-order chi connectivity index (χ0) is 10.3. The van der Waals surface area contributed by atoms with Gasteiger partial charge in [0, 0.05) is 22.4 Å². The molecule has 0 aliphatic carbocycles. The van der Waals surface area contributed by atoms with Crippen LogP contribution in [0.25, 0.3) is 5.52 Å². The number of aromatic nitrogens is 1. The normalized spacial score (nSPS) is 10.7. The summed E-state index contributed by atoms with van der Waals surface area (Å²) in [5, 5.41) is 8.89. The van der Waals surface area contributed by atoms with Crippen molar-refractivity contribution in [1.82, 2.24) is 4.40 Å². The zero-order valence-corrected chi connectivity index (χ0v) is 9.08. The number of hydrogen-bond acceptors (Lipinski definition) is 1. The lowest BCUT2D eigenvalue weighted by Gasteiger charge is -2.00.